The van der Waals surface area contributed by atoms with E-state index >= 15 is 0 Å². The highest BCUT2D eigenvalue weighted by Gasteiger charge is 2.37. The van der Waals surface area contributed by atoms with Gasteiger partial charge in [-0.3, -0.25) is 14.5 Å². The van der Waals surface area contributed by atoms with Crippen molar-refractivity contribution in [1.29, 1.82) is 0 Å². The van der Waals surface area contributed by atoms with Crippen LogP contribution in [0.25, 0.3) is 0 Å². The summed E-state index contributed by atoms with van der Waals surface area (Å²) in [7, 11) is -4.14. The largest absolute Gasteiger partial charge is 0.494 e. The number of nitrogens with zero attached hydrogens (tertiary/aromatic N) is 1. The van der Waals surface area contributed by atoms with Crippen LogP contribution < -0.4 is 20.3 Å². The first-order chi connectivity index (χ1) is 14.5. The molecule has 0 saturated heterocycles. The summed E-state index contributed by atoms with van der Waals surface area (Å²) in [4.78, 5) is 12.7. The van der Waals surface area contributed by atoms with E-state index in [0.29, 0.717) is 18.0 Å². The average molecular weight is 450 g/mol. The van der Waals surface area contributed by atoms with Crippen LogP contribution in [0.2, 0.25) is 0 Å². The smallest absolute Gasteiger partial charge is 0.265 e. The molecule has 0 aromatic heterocycles. The molecule has 0 aliphatic heterocycles. The number of anilines is 1. The number of sulfonamides is 1. The van der Waals surface area contributed by atoms with Gasteiger partial charge in [0.2, 0.25) is 0 Å². The lowest BCUT2D eigenvalue weighted by Crippen LogP contribution is -2.54. The quantitative estimate of drug-likeness (QED) is 0.346. The molecule has 0 aliphatic rings. The van der Waals surface area contributed by atoms with Crippen LogP contribution in [0.3, 0.4) is 0 Å². The van der Waals surface area contributed by atoms with E-state index in [1.54, 1.807) is 36.4 Å². The van der Waals surface area contributed by atoms with Gasteiger partial charge in [-0.15, -0.1) is 0 Å². The third-order valence-corrected chi connectivity index (χ3v) is 6.23. The zero-order valence-corrected chi connectivity index (χ0v) is 19.4. The van der Waals surface area contributed by atoms with Crippen molar-refractivity contribution >= 4 is 21.6 Å². The number of carbonyl (C=O) groups is 1. The van der Waals surface area contributed by atoms with Crippen molar-refractivity contribution in [3.05, 3.63) is 54.1 Å². The fourth-order valence-corrected chi connectivity index (χ4v) is 4.44. The van der Waals surface area contributed by atoms with Crippen molar-refractivity contribution in [3.8, 4) is 5.75 Å². The van der Waals surface area contributed by atoms with Crippen molar-refractivity contribution in [3.63, 3.8) is 0 Å². The summed E-state index contributed by atoms with van der Waals surface area (Å²) >= 11 is 0. The van der Waals surface area contributed by atoms with Gasteiger partial charge in [0.05, 0.1) is 29.4 Å². The number of nitrogens with two attached hydrogens (primary N) is 1. The minimum Gasteiger partial charge on any atom is -0.494 e. The fraction of sp³-hybridized carbons (Fsp3) is 0.409. The Morgan fingerprint density at radius 1 is 1.10 bits per heavy atom. The maximum absolute atomic E-state index is 13.7. The van der Waals surface area contributed by atoms with Gasteiger partial charge in [-0.2, -0.15) is 0 Å². The molecule has 0 saturated carbocycles. The number of ether oxygens (including phenoxy) is 2. The van der Waals surface area contributed by atoms with E-state index in [0.717, 1.165) is 9.87 Å². The van der Waals surface area contributed by atoms with E-state index < -0.39 is 27.6 Å². The average Bonchev–Trinajstić information content (AvgIpc) is 2.71. The third kappa shape index (κ3) is 6.43. The molecule has 0 fully saturated rings. The topological polar surface area (TPSA) is 111 Å². The summed E-state index contributed by atoms with van der Waals surface area (Å²) in [6.07, 6.45) is 0. The second-order valence-electron chi connectivity index (χ2n) is 7.99. The number of benzene rings is 2. The normalized spacial score (nSPS) is 12.8. The molecule has 0 spiro atoms. The van der Waals surface area contributed by atoms with Crippen LogP contribution in [0, 0.1) is 6.92 Å². The molecule has 0 aliphatic carbocycles. The Bertz CT molecular complexity index is 968. The summed E-state index contributed by atoms with van der Waals surface area (Å²) in [6.45, 7) is 9.47. The van der Waals surface area contributed by atoms with Crippen LogP contribution in [-0.2, 0) is 19.6 Å². The first-order valence-electron chi connectivity index (χ1n) is 9.98. The highest BCUT2D eigenvalue weighted by Crippen LogP contribution is 2.28. The van der Waals surface area contributed by atoms with E-state index in [4.69, 9.17) is 15.3 Å². The Labute approximate surface area is 184 Å². The standard InChI is InChI=1S/C22H31N3O5S/c1-6-29-18-11-13-19(14-12-18)31(27,28)25(17-9-7-16(2)8-10-17)20(21(26)24-23)15-30-22(3,4)5/h7-14,20H,6,15,23H2,1-5H3,(H,24,26). The molecule has 0 radical (unpaired) electrons. The molecular formula is C22H31N3O5S. The van der Waals surface area contributed by atoms with Crippen molar-refractivity contribution in [1.82, 2.24) is 5.43 Å². The number of amides is 1. The first kappa shape index (κ1) is 24.6. The third-order valence-electron chi connectivity index (χ3n) is 4.38. The van der Waals surface area contributed by atoms with Crippen LogP contribution in [0.5, 0.6) is 5.75 Å². The zero-order chi connectivity index (χ0) is 23.2. The Kier molecular flexibility index (Phi) is 8.05. The minimum absolute atomic E-state index is 0.0158. The van der Waals surface area contributed by atoms with Crippen molar-refractivity contribution in [2.75, 3.05) is 17.5 Å². The molecule has 2 aromatic rings. The molecule has 9 heteroatoms. The lowest BCUT2D eigenvalue weighted by molar-refractivity contribution is -0.125. The van der Waals surface area contributed by atoms with E-state index in [9.17, 15) is 13.2 Å². The van der Waals surface area contributed by atoms with E-state index in [-0.39, 0.29) is 11.5 Å². The number of carbonyl (C=O) groups excluding carboxylic acids is 1. The van der Waals surface area contributed by atoms with E-state index in [1.165, 1.54) is 12.1 Å². The second kappa shape index (κ2) is 10.1. The number of rotatable bonds is 9. The van der Waals surface area contributed by atoms with Gasteiger partial charge in [-0.25, -0.2) is 14.3 Å². The zero-order valence-electron chi connectivity index (χ0n) is 18.6. The molecule has 8 nitrogen and oxygen atoms in total. The summed E-state index contributed by atoms with van der Waals surface area (Å²) in [5, 5.41) is 0. The summed E-state index contributed by atoms with van der Waals surface area (Å²) < 4.78 is 39.6. The monoisotopic (exact) mass is 449 g/mol. The van der Waals surface area contributed by atoms with Crippen LogP contribution in [0.4, 0.5) is 5.69 Å². The molecule has 0 heterocycles. The van der Waals surface area contributed by atoms with E-state index in [1.807, 2.05) is 34.6 Å². The molecule has 170 valence electrons. The van der Waals surface area contributed by atoms with Gasteiger partial charge in [-0.1, -0.05) is 17.7 Å². The van der Waals surface area contributed by atoms with Gasteiger partial charge in [-0.05, 0) is 71.0 Å². The van der Waals surface area contributed by atoms with Gasteiger partial charge in [0.1, 0.15) is 11.8 Å². The van der Waals surface area contributed by atoms with Crippen LogP contribution >= 0.6 is 0 Å². The van der Waals surface area contributed by atoms with Crippen molar-refractivity contribution in [2.45, 2.75) is 51.2 Å². The number of hydrogen-bond acceptors (Lipinski definition) is 6. The molecule has 1 atom stereocenters. The highest BCUT2D eigenvalue weighted by molar-refractivity contribution is 7.93. The maximum Gasteiger partial charge on any atom is 0.265 e. The molecule has 2 rings (SSSR count). The molecule has 0 bridgehead atoms. The lowest BCUT2D eigenvalue weighted by atomic mass is 10.1. The van der Waals surface area contributed by atoms with Crippen LogP contribution in [0.1, 0.15) is 33.3 Å². The fourth-order valence-electron chi connectivity index (χ4n) is 2.84. The van der Waals surface area contributed by atoms with Crippen molar-refractivity contribution in [2.24, 2.45) is 5.84 Å². The van der Waals surface area contributed by atoms with Gasteiger partial charge >= 0.3 is 0 Å². The summed E-state index contributed by atoms with van der Waals surface area (Å²) in [6, 6.07) is 11.7. The molecule has 1 unspecified atom stereocenters. The van der Waals surface area contributed by atoms with E-state index in [2.05, 4.69) is 5.43 Å². The lowest BCUT2D eigenvalue weighted by Gasteiger charge is -2.33. The number of nitrogens with one attached hydrogen (secondary N) is 1. The molecule has 2 aromatic carbocycles. The number of hydrazine groups is 1. The highest BCUT2D eigenvalue weighted by atomic mass is 32.2. The second-order valence-corrected chi connectivity index (χ2v) is 9.80. The molecule has 31 heavy (non-hydrogen) atoms. The van der Waals surface area contributed by atoms with Crippen LogP contribution in [0.15, 0.2) is 53.4 Å². The summed E-state index contributed by atoms with van der Waals surface area (Å²) in [5.74, 6) is 5.26. The predicted molar refractivity (Wildman–Crippen MR) is 120 cm³/mol. The Balaban J connectivity index is 2.59. The first-order valence-corrected chi connectivity index (χ1v) is 11.4. The van der Waals surface area contributed by atoms with Gasteiger partial charge in [0.25, 0.3) is 15.9 Å². The Morgan fingerprint density at radius 3 is 2.16 bits per heavy atom. The number of aryl methyl sites for hydroxylation is 1. The Hall–Kier alpha value is -2.62. The van der Waals surface area contributed by atoms with Crippen molar-refractivity contribution < 1.29 is 22.7 Å². The molecule has 3 N–H and O–H groups in total. The number of hydrogen-bond donors (Lipinski definition) is 2. The van der Waals surface area contributed by atoms with Gasteiger partial charge in [0.15, 0.2) is 0 Å². The summed E-state index contributed by atoms with van der Waals surface area (Å²) in [5.41, 5.74) is 2.76. The molecular weight excluding hydrogens is 418 g/mol. The SMILES string of the molecule is CCOc1ccc(S(=O)(=O)N(c2ccc(C)cc2)C(COC(C)(C)C)C(=O)NN)cc1. The van der Waals surface area contributed by atoms with Gasteiger partial charge < -0.3 is 9.47 Å². The Morgan fingerprint density at radius 2 is 1.68 bits per heavy atom. The van der Waals surface area contributed by atoms with Crippen LogP contribution in [-0.4, -0.2) is 39.2 Å². The maximum atomic E-state index is 13.7. The van der Waals surface area contributed by atoms with Gasteiger partial charge in [0, 0.05) is 0 Å². The molecule has 1 amide bonds. The minimum atomic E-state index is -4.14. The predicted octanol–water partition coefficient (Wildman–Crippen LogP) is 2.76.